The van der Waals surface area contributed by atoms with Crippen LogP contribution in [0.1, 0.15) is 48.3 Å². The van der Waals surface area contributed by atoms with Gasteiger partial charge in [-0.05, 0) is 54.3 Å². The van der Waals surface area contributed by atoms with Gasteiger partial charge in [0.15, 0.2) is 0 Å². The standard InChI is InChI=1S/C28H30ClNO.C2H2O4/c29-25-13-14-27-24(20-25)21-28(31-27)15-18-30(19-16-28)17-7-12-26(22-8-3-1-4-9-22)23-10-5-2-6-11-23;3-1(4)2(5)6/h1-6,8-11,13-14,20,26H,7,12,15-19,21H2;(H,3,4)(H,5,6). The van der Waals surface area contributed by atoms with Crippen molar-refractivity contribution in [3.63, 3.8) is 0 Å². The number of hydrogen-bond acceptors (Lipinski definition) is 4. The number of benzene rings is 3. The fourth-order valence-corrected chi connectivity index (χ4v) is 5.48. The predicted molar refractivity (Wildman–Crippen MR) is 143 cm³/mol. The van der Waals surface area contributed by atoms with Crippen LogP contribution in [0.5, 0.6) is 5.75 Å². The van der Waals surface area contributed by atoms with E-state index in [2.05, 4.69) is 71.6 Å². The van der Waals surface area contributed by atoms with Gasteiger partial charge in [0.25, 0.3) is 0 Å². The highest BCUT2D eigenvalue weighted by molar-refractivity contribution is 6.30. The van der Waals surface area contributed by atoms with Crippen molar-refractivity contribution in [2.45, 2.75) is 43.6 Å². The van der Waals surface area contributed by atoms with Gasteiger partial charge in [0, 0.05) is 43.3 Å². The molecule has 0 radical (unpaired) electrons. The number of aliphatic carboxylic acids is 2. The van der Waals surface area contributed by atoms with Crippen molar-refractivity contribution < 1.29 is 24.5 Å². The number of carboxylic acid groups (broad SMARTS) is 2. The Kier molecular flexibility index (Phi) is 8.85. The van der Waals surface area contributed by atoms with Crippen molar-refractivity contribution in [2.24, 2.45) is 0 Å². The second kappa shape index (κ2) is 12.3. The quantitative estimate of drug-likeness (QED) is 0.394. The molecule has 0 saturated carbocycles. The Balaban J connectivity index is 0.000000480. The summed E-state index contributed by atoms with van der Waals surface area (Å²) in [5.74, 6) is -2.15. The van der Waals surface area contributed by atoms with Crippen LogP contribution in [-0.4, -0.2) is 52.3 Å². The number of piperidine rings is 1. The number of nitrogens with zero attached hydrogens (tertiary/aromatic N) is 1. The molecule has 0 bridgehead atoms. The fourth-order valence-electron chi connectivity index (χ4n) is 5.28. The van der Waals surface area contributed by atoms with Crippen molar-refractivity contribution in [1.29, 1.82) is 0 Å². The second-order valence-electron chi connectivity index (χ2n) is 9.68. The van der Waals surface area contributed by atoms with Gasteiger partial charge in [-0.15, -0.1) is 0 Å². The summed E-state index contributed by atoms with van der Waals surface area (Å²) in [6, 6.07) is 27.9. The highest BCUT2D eigenvalue weighted by Crippen LogP contribution is 2.42. The first kappa shape index (κ1) is 26.7. The predicted octanol–water partition coefficient (Wildman–Crippen LogP) is 5.88. The molecule has 3 aromatic carbocycles. The molecule has 0 aromatic heterocycles. The molecule has 0 unspecified atom stereocenters. The molecule has 194 valence electrons. The van der Waals surface area contributed by atoms with Crippen LogP contribution in [0.2, 0.25) is 5.02 Å². The molecule has 2 heterocycles. The minimum Gasteiger partial charge on any atom is -0.487 e. The van der Waals surface area contributed by atoms with Gasteiger partial charge in [0.2, 0.25) is 0 Å². The van der Waals surface area contributed by atoms with Crippen molar-refractivity contribution in [3.8, 4) is 5.75 Å². The van der Waals surface area contributed by atoms with E-state index in [1.54, 1.807) is 0 Å². The lowest BCUT2D eigenvalue weighted by atomic mass is 9.86. The normalized spacial score (nSPS) is 15.9. The molecular weight excluding hydrogens is 490 g/mol. The third kappa shape index (κ3) is 7.12. The highest BCUT2D eigenvalue weighted by atomic mass is 35.5. The molecular formula is C30H32ClNO5. The van der Waals surface area contributed by atoms with Gasteiger partial charge in [-0.25, -0.2) is 9.59 Å². The average Bonchev–Trinajstić information content (AvgIpc) is 3.26. The molecule has 0 aliphatic carbocycles. The Morgan fingerprint density at radius 3 is 2.00 bits per heavy atom. The van der Waals surface area contributed by atoms with Crippen molar-refractivity contribution in [2.75, 3.05) is 19.6 Å². The topological polar surface area (TPSA) is 87.1 Å². The number of ether oxygens (including phenoxy) is 1. The smallest absolute Gasteiger partial charge is 0.414 e. The van der Waals surface area contributed by atoms with Crippen molar-refractivity contribution >= 4 is 23.5 Å². The van der Waals surface area contributed by atoms with E-state index in [0.717, 1.165) is 49.7 Å². The molecule has 0 amide bonds. The van der Waals surface area contributed by atoms with Crippen LogP contribution in [0.25, 0.3) is 0 Å². The van der Waals surface area contributed by atoms with Crippen molar-refractivity contribution in [1.82, 2.24) is 4.90 Å². The SMILES string of the molecule is Clc1ccc2c(c1)CC1(CCN(CCCC(c3ccccc3)c3ccccc3)CC1)O2.O=C(O)C(=O)O. The van der Waals surface area contributed by atoms with Gasteiger partial charge in [0.05, 0.1) is 0 Å². The van der Waals surface area contributed by atoms with E-state index in [-0.39, 0.29) is 5.60 Å². The maximum absolute atomic E-state index is 9.10. The van der Waals surface area contributed by atoms with E-state index in [9.17, 15) is 0 Å². The first-order valence-electron chi connectivity index (χ1n) is 12.6. The first-order chi connectivity index (χ1) is 17.8. The minimum absolute atomic E-state index is 0.0138. The van der Waals surface area contributed by atoms with E-state index >= 15 is 0 Å². The summed E-state index contributed by atoms with van der Waals surface area (Å²) in [7, 11) is 0. The molecule has 1 saturated heterocycles. The molecule has 7 heteroatoms. The lowest BCUT2D eigenvalue weighted by molar-refractivity contribution is -0.159. The zero-order chi connectivity index (χ0) is 26.3. The zero-order valence-corrected chi connectivity index (χ0v) is 21.4. The van der Waals surface area contributed by atoms with Gasteiger partial charge in [-0.3, -0.25) is 0 Å². The Morgan fingerprint density at radius 2 is 1.46 bits per heavy atom. The number of hydrogen-bond donors (Lipinski definition) is 2. The van der Waals surface area contributed by atoms with Gasteiger partial charge in [-0.2, -0.15) is 0 Å². The molecule has 3 aromatic rings. The molecule has 37 heavy (non-hydrogen) atoms. The summed E-state index contributed by atoms with van der Waals surface area (Å²) >= 11 is 6.18. The lowest BCUT2D eigenvalue weighted by Crippen LogP contribution is -2.47. The lowest BCUT2D eigenvalue weighted by Gasteiger charge is -2.38. The monoisotopic (exact) mass is 521 g/mol. The van der Waals surface area contributed by atoms with E-state index in [1.807, 2.05) is 12.1 Å². The summed E-state index contributed by atoms with van der Waals surface area (Å²) in [6.45, 7) is 3.39. The Morgan fingerprint density at radius 1 is 0.892 bits per heavy atom. The third-order valence-corrected chi connectivity index (χ3v) is 7.42. The number of likely N-dealkylation sites (tertiary alicyclic amines) is 1. The van der Waals surface area contributed by atoms with E-state index in [4.69, 9.17) is 36.1 Å². The summed E-state index contributed by atoms with van der Waals surface area (Å²) in [5.41, 5.74) is 4.10. The van der Waals surface area contributed by atoms with Gasteiger partial charge < -0.3 is 19.8 Å². The summed E-state index contributed by atoms with van der Waals surface area (Å²) < 4.78 is 6.41. The van der Waals surface area contributed by atoms with Crippen LogP contribution in [0.4, 0.5) is 0 Å². The molecule has 6 nitrogen and oxygen atoms in total. The largest absolute Gasteiger partial charge is 0.487 e. The number of carbonyl (C=O) groups is 2. The second-order valence-corrected chi connectivity index (χ2v) is 10.1. The van der Waals surface area contributed by atoms with Gasteiger partial charge in [0.1, 0.15) is 11.4 Å². The van der Waals surface area contributed by atoms with E-state index in [1.165, 1.54) is 29.5 Å². The average molecular weight is 522 g/mol. The molecule has 1 fully saturated rings. The van der Waals surface area contributed by atoms with Crippen LogP contribution >= 0.6 is 11.6 Å². The summed E-state index contributed by atoms with van der Waals surface area (Å²) in [5, 5.41) is 15.6. The minimum atomic E-state index is -1.82. The molecule has 0 atom stereocenters. The van der Waals surface area contributed by atoms with Crippen molar-refractivity contribution in [3.05, 3.63) is 101 Å². The molecule has 2 aliphatic rings. The molecule has 1 spiro atoms. The molecule has 2 aliphatic heterocycles. The van der Waals surface area contributed by atoms with E-state index < -0.39 is 11.9 Å². The number of halogens is 1. The zero-order valence-electron chi connectivity index (χ0n) is 20.7. The maximum Gasteiger partial charge on any atom is 0.414 e. The Bertz CT molecular complexity index is 1140. The van der Waals surface area contributed by atoms with Crippen LogP contribution in [0.3, 0.4) is 0 Å². The highest BCUT2D eigenvalue weighted by Gasteiger charge is 2.41. The van der Waals surface area contributed by atoms with Gasteiger partial charge >= 0.3 is 11.9 Å². The third-order valence-electron chi connectivity index (χ3n) is 7.18. The summed E-state index contributed by atoms with van der Waals surface area (Å²) in [6.07, 6.45) is 5.58. The van der Waals surface area contributed by atoms with Crippen LogP contribution in [-0.2, 0) is 16.0 Å². The maximum atomic E-state index is 9.10. The summed E-state index contributed by atoms with van der Waals surface area (Å²) in [4.78, 5) is 20.8. The van der Waals surface area contributed by atoms with Crippen LogP contribution in [0, 0.1) is 0 Å². The Hall–Kier alpha value is -3.35. The van der Waals surface area contributed by atoms with Gasteiger partial charge in [-0.1, -0.05) is 72.3 Å². The van der Waals surface area contributed by atoms with Crippen LogP contribution < -0.4 is 4.74 Å². The number of carboxylic acids is 2. The molecule has 5 rings (SSSR count). The fraction of sp³-hybridized carbons (Fsp3) is 0.333. The first-order valence-corrected chi connectivity index (χ1v) is 13.0. The van der Waals surface area contributed by atoms with Crippen LogP contribution in [0.15, 0.2) is 78.9 Å². The molecule has 2 N–H and O–H groups in total. The van der Waals surface area contributed by atoms with E-state index in [0.29, 0.717) is 5.92 Å². The Labute approximate surface area is 222 Å². The number of fused-ring (bicyclic) bond motifs is 1. The number of rotatable bonds is 6.